The molecule has 0 N–H and O–H groups in total. The second kappa shape index (κ2) is 8.25. The molecule has 2 heterocycles. The molecule has 2 bridgehead atoms. The average Bonchev–Trinajstić information content (AvgIpc) is 3.63. The van der Waals surface area contributed by atoms with Crippen LogP contribution in [0.5, 0.6) is 5.75 Å². The zero-order valence-corrected chi connectivity index (χ0v) is 19.2. The Morgan fingerprint density at radius 3 is 2.25 bits per heavy atom. The number of benzene rings is 2. The third-order valence-corrected chi connectivity index (χ3v) is 8.05. The minimum atomic E-state index is -0.721. The van der Waals surface area contributed by atoms with E-state index in [1.165, 1.54) is 40.1 Å². The summed E-state index contributed by atoms with van der Waals surface area (Å²) < 4.78 is 5.54. The van der Waals surface area contributed by atoms with E-state index >= 15 is 0 Å². The number of nitro benzene ring substituents is 1. The molecule has 5 atom stereocenters. The molecule has 2 saturated carbocycles. The Hall–Kier alpha value is -4.08. The number of hydrogen-bond donors (Lipinski definition) is 0. The molecule has 10 nitrogen and oxygen atoms in total. The lowest BCUT2D eigenvalue weighted by Gasteiger charge is -2.19. The quantitative estimate of drug-likeness (QED) is 0.208. The fraction of sp³-hybridized carbons (Fsp3) is 0.385. The Morgan fingerprint density at radius 1 is 0.944 bits per heavy atom. The lowest BCUT2D eigenvalue weighted by molar-refractivity contribution is -0.384. The Balaban J connectivity index is 1.15. The topological polar surface area (TPSA) is 127 Å². The summed E-state index contributed by atoms with van der Waals surface area (Å²) >= 11 is 0. The number of carbonyl (C=O) groups excluding carboxylic acids is 4. The number of anilines is 2. The van der Waals surface area contributed by atoms with Crippen molar-refractivity contribution in [1.29, 1.82) is 0 Å². The molecular formula is C26H23N3O7. The highest BCUT2D eigenvalue weighted by atomic mass is 16.6. The van der Waals surface area contributed by atoms with E-state index in [4.69, 9.17) is 4.74 Å². The summed E-state index contributed by atoms with van der Waals surface area (Å²) in [5.41, 5.74) is 0.764. The molecule has 3 amide bonds. The molecule has 2 aromatic carbocycles. The first kappa shape index (κ1) is 22.4. The third kappa shape index (κ3) is 3.47. The summed E-state index contributed by atoms with van der Waals surface area (Å²) in [7, 11) is 0. The van der Waals surface area contributed by atoms with E-state index in [9.17, 15) is 29.3 Å². The Kier molecular flexibility index (Phi) is 5.13. The van der Waals surface area contributed by atoms with Crippen LogP contribution in [-0.4, -0.2) is 35.2 Å². The van der Waals surface area contributed by atoms with Crippen LogP contribution in [0.3, 0.4) is 0 Å². The highest BCUT2D eigenvalue weighted by molar-refractivity contribution is 6.22. The van der Waals surface area contributed by atoms with Gasteiger partial charge in [-0.25, -0.2) is 4.90 Å². The van der Waals surface area contributed by atoms with Gasteiger partial charge in [0, 0.05) is 36.9 Å². The van der Waals surface area contributed by atoms with Crippen molar-refractivity contribution in [3.63, 3.8) is 0 Å². The van der Waals surface area contributed by atoms with Crippen molar-refractivity contribution in [3.05, 3.63) is 58.6 Å². The standard InChI is InChI=1S/C26H23N3O7/c30-21-11-16(13-27(21)17-6-8-18(9-7-17)29(34)35)26(33)36-20-3-1-2-19(12-20)28-24(31)22-14-4-5-15(10-14)23(22)25(28)32/h1-3,6-9,12,14-16,22-23H,4-5,10-11,13H2/t14-,15-,16-,22-,23+/m0/s1. The van der Waals surface area contributed by atoms with Gasteiger partial charge >= 0.3 is 5.97 Å². The fourth-order valence-corrected chi connectivity index (χ4v) is 6.42. The molecule has 10 heteroatoms. The molecule has 0 unspecified atom stereocenters. The summed E-state index contributed by atoms with van der Waals surface area (Å²) in [5, 5.41) is 10.9. The first-order valence-corrected chi connectivity index (χ1v) is 12.1. The molecule has 2 aliphatic heterocycles. The van der Waals surface area contributed by atoms with Crippen LogP contribution in [0.15, 0.2) is 48.5 Å². The first-order chi connectivity index (χ1) is 17.3. The lowest BCUT2D eigenvalue weighted by Crippen LogP contribution is -2.32. The van der Waals surface area contributed by atoms with E-state index in [1.54, 1.807) is 18.2 Å². The Labute approximate surface area is 206 Å². The summed E-state index contributed by atoms with van der Waals surface area (Å²) in [6.07, 6.45) is 2.89. The molecule has 2 aromatic rings. The largest absolute Gasteiger partial charge is 0.426 e. The van der Waals surface area contributed by atoms with Gasteiger partial charge in [0.2, 0.25) is 17.7 Å². The summed E-state index contributed by atoms with van der Waals surface area (Å²) in [4.78, 5) is 64.6. The van der Waals surface area contributed by atoms with Gasteiger partial charge in [-0.1, -0.05) is 6.07 Å². The monoisotopic (exact) mass is 489 g/mol. The number of amides is 3. The van der Waals surface area contributed by atoms with E-state index in [2.05, 4.69) is 0 Å². The van der Waals surface area contributed by atoms with Gasteiger partial charge in [0.25, 0.3) is 5.69 Å². The number of rotatable bonds is 5. The van der Waals surface area contributed by atoms with Gasteiger partial charge in [-0.3, -0.25) is 29.3 Å². The number of nitro groups is 1. The van der Waals surface area contributed by atoms with Crippen LogP contribution in [0, 0.1) is 39.7 Å². The van der Waals surface area contributed by atoms with Gasteiger partial charge < -0.3 is 9.64 Å². The van der Waals surface area contributed by atoms with Crippen LogP contribution >= 0.6 is 0 Å². The molecule has 4 fully saturated rings. The minimum absolute atomic E-state index is 0.0508. The van der Waals surface area contributed by atoms with Crippen LogP contribution in [0.1, 0.15) is 25.7 Å². The number of fused-ring (bicyclic) bond motifs is 5. The number of carbonyl (C=O) groups is 4. The molecule has 0 spiro atoms. The molecule has 0 aromatic heterocycles. The van der Waals surface area contributed by atoms with Crippen molar-refractivity contribution < 1.29 is 28.8 Å². The Bertz CT molecular complexity index is 1280. The van der Waals surface area contributed by atoms with Crippen molar-refractivity contribution >= 4 is 40.8 Å². The molecule has 0 radical (unpaired) electrons. The van der Waals surface area contributed by atoms with Gasteiger partial charge in [-0.2, -0.15) is 0 Å². The number of imide groups is 1. The van der Waals surface area contributed by atoms with Crippen molar-refractivity contribution in [1.82, 2.24) is 0 Å². The second-order valence-corrected chi connectivity index (χ2v) is 9.99. The number of ether oxygens (including phenoxy) is 1. The van der Waals surface area contributed by atoms with Gasteiger partial charge in [-0.05, 0) is 55.4 Å². The predicted octanol–water partition coefficient (Wildman–Crippen LogP) is 3.09. The van der Waals surface area contributed by atoms with Crippen molar-refractivity contribution in [2.75, 3.05) is 16.3 Å². The molecule has 2 saturated heterocycles. The normalized spacial score (nSPS) is 28.7. The van der Waals surface area contributed by atoms with E-state index in [0.29, 0.717) is 11.4 Å². The Morgan fingerprint density at radius 2 is 1.61 bits per heavy atom. The third-order valence-electron chi connectivity index (χ3n) is 8.05. The lowest BCUT2D eigenvalue weighted by atomic mass is 9.81. The molecule has 184 valence electrons. The zero-order valence-electron chi connectivity index (χ0n) is 19.2. The highest BCUT2D eigenvalue weighted by Gasteiger charge is 2.61. The van der Waals surface area contributed by atoms with E-state index in [-0.39, 0.29) is 65.8 Å². The van der Waals surface area contributed by atoms with Crippen LogP contribution in [0.25, 0.3) is 0 Å². The van der Waals surface area contributed by atoms with Gasteiger partial charge in [-0.15, -0.1) is 0 Å². The smallest absolute Gasteiger partial charge is 0.316 e. The molecule has 2 aliphatic carbocycles. The number of nitrogens with zero attached hydrogens (tertiary/aromatic N) is 3. The maximum Gasteiger partial charge on any atom is 0.316 e. The van der Waals surface area contributed by atoms with Crippen LogP contribution in [0.2, 0.25) is 0 Å². The summed E-state index contributed by atoms with van der Waals surface area (Å²) in [6.45, 7) is 0.0877. The first-order valence-electron chi connectivity index (χ1n) is 12.1. The minimum Gasteiger partial charge on any atom is -0.426 e. The van der Waals surface area contributed by atoms with E-state index < -0.39 is 16.8 Å². The van der Waals surface area contributed by atoms with Crippen molar-refractivity contribution in [3.8, 4) is 5.75 Å². The maximum absolute atomic E-state index is 13.1. The summed E-state index contributed by atoms with van der Waals surface area (Å²) in [5.74, 6) is -1.66. The van der Waals surface area contributed by atoms with E-state index in [1.807, 2.05) is 0 Å². The number of hydrogen-bond acceptors (Lipinski definition) is 7. The van der Waals surface area contributed by atoms with Gasteiger partial charge in [0.1, 0.15) is 5.75 Å². The zero-order chi connectivity index (χ0) is 25.1. The average molecular weight is 489 g/mol. The van der Waals surface area contributed by atoms with Crippen LogP contribution < -0.4 is 14.5 Å². The van der Waals surface area contributed by atoms with Crippen molar-refractivity contribution in [2.45, 2.75) is 25.7 Å². The van der Waals surface area contributed by atoms with Crippen LogP contribution in [-0.2, 0) is 19.2 Å². The van der Waals surface area contributed by atoms with Crippen molar-refractivity contribution in [2.24, 2.45) is 29.6 Å². The predicted molar refractivity (Wildman–Crippen MR) is 126 cm³/mol. The molecule has 4 aliphatic rings. The second-order valence-electron chi connectivity index (χ2n) is 9.99. The van der Waals surface area contributed by atoms with E-state index in [0.717, 1.165) is 19.3 Å². The SMILES string of the molecule is O=C(Oc1cccc(N2C(=O)[C@@H]3[C@H]4CC[C@@H](C4)[C@@H]3C2=O)c1)[C@H]1CC(=O)N(c2ccc([N+](=O)[O-])cc2)C1. The van der Waals surface area contributed by atoms with Gasteiger partial charge in [0.15, 0.2) is 0 Å². The number of esters is 1. The van der Waals surface area contributed by atoms with Crippen LogP contribution in [0.4, 0.5) is 17.1 Å². The highest BCUT2D eigenvalue weighted by Crippen LogP contribution is 2.56. The molecule has 36 heavy (non-hydrogen) atoms. The number of non-ortho nitro benzene ring substituents is 1. The maximum atomic E-state index is 13.1. The van der Waals surface area contributed by atoms with Gasteiger partial charge in [0.05, 0.1) is 28.4 Å². The molecular weight excluding hydrogens is 466 g/mol. The molecule has 6 rings (SSSR count). The summed E-state index contributed by atoms with van der Waals surface area (Å²) in [6, 6.07) is 11.9. The fourth-order valence-electron chi connectivity index (χ4n) is 6.42.